The Morgan fingerprint density at radius 1 is 1.12 bits per heavy atom. The van der Waals surface area contributed by atoms with Crippen LogP contribution in [0.5, 0.6) is 0 Å². The second-order valence-electron chi connectivity index (χ2n) is 7.47. The maximum absolute atomic E-state index is 12.7. The number of sulfonamides is 1. The van der Waals surface area contributed by atoms with Crippen LogP contribution >= 0.6 is 11.6 Å². The quantitative estimate of drug-likeness (QED) is 0.448. The zero-order valence-electron chi connectivity index (χ0n) is 18.8. The van der Waals surface area contributed by atoms with Gasteiger partial charge in [-0.1, -0.05) is 48.1 Å². The van der Waals surface area contributed by atoms with Crippen LogP contribution < -0.4 is 5.32 Å². The fourth-order valence-corrected chi connectivity index (χ4v) is 4.39. The molecule has 2 rings (SSSR count). The van der Waals surface area contributed by atoms with E-state index in [9.17, 15) is 18.0 Å². The van der Waals surface area contributed by atoms with Gasteiger partial charge in [-0.3, -0.25) is 9.63 Å². The van der Waals surface area contributed by atoms with Gasteiger partial charge in [0.2, 0.25) is 0 Å². The van der Waals surface area contributed by atoms with Crippen LogP contribution in [0.2, 0.25) is 5.02 Å². The highest BCUT2D eigenvalue weighted by molar-refractivity contribution is 7.89. The topological polar surface area (TPSA) is 102 Å². The van der Waals surface area contributed by atoms with Crippen molar-refractivity contribution in [3.8, 4) is 0 Å². The highest BCUT2D eigenvalue weighted by Crippen LogP contribution is 2.28. The molecule has 10 heteroatoms. The average Bonchev–Trinajstić information content (AvgIpc) is 2.74. The number of hydrogen-bond acceptors (Lipinski definition) is 6. The SMILES string of the molecule is CON(C)S(=O)(=O)c1cc(C(=O)OC(C)C(=O)Nc2c(C)cccc2C(C)C)ccc1Cl. The summed E-state index contributed by atoms with van der Waals surface area (Å²) >= 11 is 6.01. The molecule has 174 valence electrons. The van der Waals surface area contributed by atoms with Crippen molar-refractivity contribution >= 4 is 39.2 Å². The molecular formula is C22H27ClN2O6S. The largest absolute Gasteiger partial charge is 0.449 e. The van der Waals surface area contributed by atoms with E-state index in [1.165, 1.54) is 33.2 Å². The normalized spacial score (nSPS) is 12.7. The van der Waals surface area contributed by atoms with Crippen molar-refractivity contribution in [1.29, 1.82) is 0 Å². The average molecular weight is 483 g/mol. The number of carbonyl (C=O) groups excluding carboxylic acids is 2. The number of benzene rings is 2. The van der Waals surface area contributed by atoms with E-state index >= 15 is 0 Å². The van der Waals surface area contributed by atoms with Crippen LogP contribution in [0.15, 0.2) is 41.3 Å². The van der Waals surface area contributed by atoms with Gasteiger partial charge in [0.15, 0.2) is 6.10 Å². The van der Waals surface area contributed by atoms with Gasteiger partial charge in [0.1, 0.15) is 4.90 Å². The lowest BCUT2D eigenvalue weighted by atomic mass is 9.98. The van der Waals surface area contributed by atoms with Gasteiger partial charge in [-0.2, -0.15) is 0 Å². The van der Waals surface area contributed by atoms with Gasteiger partial charge in [0.05, 0.1) is 17.7 Å². The Bertz CT molecular complexity index is 1120. The Labute approximate surface area is 193 Å². The number of nitrogens with one attached hydrogen (secondary N) is 1. The Morgan fingerprint density at radius 3 is 2.38 bits per heavy atom. The first-order chi connectivity index (χ1) is 14.9. The fourth-order valence-electron chi connectivity index (χ4n) is 2.91. The van der Waals surface area contributed by atoms with Crippen molar-refractivity contribution in [1.82, 2.24) is 4.47 Å². The summed E-state index contributed by atoms with van der Waals surface area (Å²) in [4.78, 5) is 29.7. The van der Waals surface area contributed by atoms with Crippen LogP contribution in [0.4, 0.5) is 5.69 Å². The summed E-state index contributed by atoms with van der Waals surface area (Å²) < 4.78 is 30.9. The van der Waals surface area contributed by atoms with Gasteiger partial charge in [0, 0.05) is 12.7 Å². The molecule has 2 aromatic carbocycles. The summed E-state index contributed by atoms with van der Waals surface area (Å²) in [5.41, 5.74) is 2.46. The van der Waals surface area contributed by atoms with E-state index in [1.807, 2.05) is 39.0 Å². The summed E-state index contributed by atoms with van der Waals surface area (Å²) in [5, 5.41) is 2.74. The molecule has 0 aliphatic rings. The predicted molar refractivity (Wildman–Crippen MR) is 122 cm³/mol. The van der Waals surface area contributed by atoms with Crippen LogP contribution in [-0.4, -0.2) is 45.0 Å². The number of para-hydroxylation sites is 1. The third-order valence-electron chi connectivity index (χ3n) is 4.87. The number of rotatable bonds is 8. The van der Waals surface area contributed by atoms with Gasteiger partial charge in [-0.25, -0.2) is 13.2 Å². The van der Waals surface area contributed by atoms with E-state index < -0.39 is 28.0 Å². The van der Waals surface area contributed by atoms with Crippen molar-refractivity contribution in [2.75, 3.05) is 19.5 Å². The Morgan fingerprint density at radius 2 is 1.78 bits per heavy atom. The molecular weight excluding hydrogens is 456 g/mol. The highest BCUT2D eigenvalue weighted by atomic mass is 35.5. The minimum absolute atomic E-state index is 0.0733. The molecule has 1 N–H and O–H groups in total. The van der Waals surface area contributed by atoms with Gasteiger partial charge >= 0.3 is 5.97 Å². The number of nitrogens with zero attached hydrogens (tertiary/aromatic N) is 1. The lowest BCUT2D eigenvalue weighted by Crippen LogP contribution is -2.31. The van der Waals surface area contributed by atoms with Crippen LogP contribution in [0.25, 0.3) is 0 Å². The van der Waals surface area contributed by atoms with E-state index in [4.69, 9.17) is 21.2 Å². The van der Waals surface area contributed by atoms with Crippen molar-refractivity contribution in [3.05, 3.63) is 58.1 Å². The standard InChI is InChI=1S/C22H27ClN2O6S/c1-13(2)17-9-7-8-14(3)20(17)24-21(26)15(4)31-22(27)16-10-11-18(23)19(12-16)32(28,29)25(5)30-6/h7-13,15H,1-6H3,(H,24,26). The molecule has 2 aromatic rings. The van der Waals surface area contributed by atoms with E-state index in [0.29, 0.717) is 10.2 Å². The molecule has 0 spiro atoms. The number of anilines is 1. The molecule has 0 aliphatic carbocycles. The fraction of sp³-hybridized carbons (Fsp3) is 0.364. The van der Waals surface area contributed by atoms with Crippen LogP contribution in [0.1, 0.15) is 48.2 Å². The molecule has 0 heterocycles. The second kappa shape index (κ2) is 10.4. The van der Waals surface area contributed by atoms with E-state index in [0.717, 1.165) is 17.2 Å². The third kappa shape index (κ3) is 5.66. The minimum atomic E-state index is -4.09. The second-order valence-corrected chi connectivity index (χ2v) is 9.78. The number of hydroxylamine groups is 1. The maximum Gasteiger partial charge on any atom is 0.338 e. The smallest absolute Gasteiger partial charge is 0.338 e. The van der Waals surface area contributed by atoms with Gasteiger partial charge in [-0.15, -0.1) is 0 Å². The first-order valence-electron chi connectivity index (χ1n) is 9.84. The zero-order valence-corrected chi connectivity index (χ0v) is 20.4. The van der Waals surface area contributed by atoms with Gasteiger partial charge in [0.25, 0.3) is 15.9 Å². The van der Waals surface area contributed by atoms with E-state index in [-0.39, 0.29) is 21.4 Å². The molecule has 32 heavy (non-hydrogen) atoms. The number of halogens is 1. The summed E-state index contributed by atoms with van der Waals surface area (Å²) in [5.74, 6) is -1.19. The molecule has 0 aliphatic heterocycles. The maximum atomic E-state index is 12.7. The Balaban J connectivity index is 2.22. The summed E-state index contributed by atoms with van der Waals surface area (Å²) in [6, 6.07) is 9.39. The van der Waals surface area contributed by atoms with Crippen molar-refractivity contribution < 1.29 is 27.6 Å². The lowest BCUT2D eigenvalue weighted by Gasteiger charge is -2.19. The van der Waals surface area contributed by atoms with Crippen molar-refractivity contribution in [2.45, 2.75) is 44.6 Å². The Kier molecular flexibility index (Phi) is 8.41. The van der Waals surface area contributed by atoms with Crippen LogP contribution in [-0.2, 0) is 24.4 Å². The number of esters is 1. The molecule has 0 saturated carbocycles. The molecule has 0 aromatic heterocycles. The first-order valence-corrected chi connectivity index (χ1v) is 11.7. The highest BCUT2D eigenvalue weighted by Gasteiger charge is 2.27. The van der Waals surface area contributed by atoms with E-state index in [1.54, 1.807) is 0 Å². The zero-order chi connectivity index (χ0) is 24.2. The van der Waals surface area contributed by atoms with Gasteiger partial charge in [-0.05, 0) is 49.1 Å². The minimum Gasteiger partial charge on any atom is -0.449 e. The van der Waals surface area contributed by atoms with E-state index in [2.05, 4.69) is 5.32 Å². The number of ether oxygens (including phenoxy) is 1. The lowest BCUT2D eigenvalue weighted by molar-refractivity contribution is -0.123. The van der Waals surface area contributed by atoms with Crippen molar-refractivity contribution in [3.63, 3.8) is 0 Å². The molecule has 0 saturated heterocycles. The molecule has 1 amide bonds. The number of amides is 1. The molecule has 0 radical (unpaired) electrons. The van der Waals surface area contributed by atoms with Crippen LogP contribution in [0.3, 0.4) is 0 Å². The molecule has 0 bridgehead atoms. The number of carbonyl (C=O) groups is 2. The molecule has 8 nitrogen and oxygen atoms in total. The summed E-state index contributed by atoms with van der Waals surface area (Å²) in [6.45, 7) is 7.35. The van der Waals surface area contributed by atoms with Crippen LogP contribution in [0, 0.1) is 6.92 Å². The molecule has 0 fully saturated rings. The monoisotopic (exact) mass is 482 g/mol. The molecule has 1 atom stereocenters. The van der Waals surface area contributed by atoms with Crippen molar-refractivity contribution in [2.24, 2.45) is 0 Å². The summed E-state index contributed by atoms with van der Waals surface area (Å²) in [6.07, 6.45) is -1.13. The Hall–Kier alpha value is -2.46. The predicted octanol–water partition coefficient (Wildman–Crippen LogP) is 4.14. The third-order valence-corrected chi connectivity index (χ3v) is 7.03. The summed E-state index contributed by atoms with van der Waals surface area (Å²) in [7, 11) is -1.71. The number of aryl methyl sites for hydroxylation is 1. The number of hydrogen-bond donors (Lipinski definition) is 1. The first kappa shape index (κ1) is 25.8. The molecule has 1 unspecified atom stereocenters. The van der Waals surface area contributed by atoms with Gasteiger partial charge < -0.3 is 10.1 Å².